The second-order valence-electron chi connectivity index (χ2n) is 4.94. The third-order valence-corrected chi connectivity index (χ3v) is 3.49. The van der Waals surface area contributed by atoms with Crippen LogP contribution in [-0.2, 0) is 11.3 Å². The molecule has 1 saturated heterocycles. The van der Waals surface area contributed by atoms with Crippen LogP contribution in [0.4, 0.5) is 0 Å². The summed E-state index contributed by atoms with van der Waals surface area (Å²) in [5, 5.41) is 15.2. The number of para-hydroxylation sites is 1. The zero-order valence-corrected chi connectivity index (χ0v) is 11.4. The summed E-state index contributed by atoms with van der Waals surface area (Å²) in [5.74, 6) is 0.823. The first-order valence-electron chi connectivity index (χ1n) is 7.08. The van der Waals surface area contributed by atoms with Crippen molar-refractivity contribution in [3.8, 4) is 5.69 Å². The minimum absolute atomic E-state index is 0.424. The molecule has 2 aromatic rings. The molecule has 0 radical (unpaired) electrons. The van der Waals surface area contributed by atoms with Gasteiger partial charge in [0.15, 0.2) is 5.82 Å². The predicted octanol–water partition coefficient (Wildman–Crippen LogP) is 1.32. The summed E-state index contributed by atoms with van der Waals surface area (Å²) >= 11 is 0. The summed E-state index contributed by atoms with van der Waals surface area (Å²) in [6.07, 6.45) is 3.85. The van der Waals surface area contributed by atoms with Crippen LogP contribution in [0, 0.1) is 0 Å². The fraction of sp³-hybridized carbons (Fsp3) is 0.500. The number of rotatable bonds is 6. The molecule has 1 aromatic heterocycles. The number of nitrogens with one attached hydrogen (secondary N) is 1. The molecule has 1 aromatic carbocycles. The van der Waals surface area contributed by atoms with E-state index in [1.165, 1.54) is 12.8 Å². The average molecular weight is 273 g/mol. The zero-order valence-electron chi connectivity index (χ0n) is 11.4. The van der Waals surface area contributed by atoms with Gasteiger partial charge in [-0.2, -0.15) is 4.68 Å². The van der Waals surface area contributed by atoms with Gasteiger partial charge in [0.25, 0.3) is 0 Å². The van der Waals surface area contributed by atoms with Crippen molar-refractivity contribution in [2.75, 3.05) is 13.2 Å². The van der Waals surface area contributed by atoms with Gasteiger partial charge < -0.3 is 10.1 Å². The van der Waals surface area contributed by atoms with Crippen molar-refractivity contribution in [3.63, 3.8) is 0 Å². The molecular formula is C14H19N5O. The van der Waals surface area contributed by atoms with Crippen LogP contribution in [0.5, 0.6) is 0 Å². The second-order valence-corrected chi connectivity index (χ2v) is 4.94. The van der Waals surface area contributed by atoms with Gasteiger partial charge in [0, 0.05) is 6.61 Å². The number of ether oxygens (including phenoxy) is 1. The first kappa shape index (κ1) is 13.2. The summed E-state index contributed by atoms with van der Waals surface area (Å²) in [5.41, 5.74) is 0.980. The van der Waals surface area contributed by atoms with Crippen molar-refractivity contribution in [2.24, 2.45) is 0 Å². The Bertz CT molecular complexity index is 521. The highest BCUT2D eigenvalue weighted by Gasteiger charge is 2.14. The van der Waals surface area contributed by atoms with Gasteiger partial charge in [0.05, 0.1) is 18.3 Å². The predicted molar refractivity (Wildman–Crippen MR) is 74.5 cm³/mol. The maximum atomic E-state index is 5.60. The molecule has 0 saturated carbocycles. The van der Waals surface area contributed by atoms with Gasteiger partial charge in [0.2, 0.25) is 0 Å². The summed E-state index contributed by atoms with van der Waals surface area (Å²) < 4.78 is 7.36. The van der Waals surface area contributed by atoms with Crippen molar-refractivity contribution < 1.29 is 4.74 Å². The maximum Gasteiger partial charge on any atom is 0.170 e. The quantitative estimate of drug-likeness (QED) is 0.804. The molecule has 0 spiro atoms. The Morgan fingerprint density at radius 3 is 3.00 bits per heavy atom. The molecule has 1 N–H and O–H groups in total. The molecule has 0 amide bonds. The molecule has 2 heterocycles. The van der Waals surface area contributed by atoms with E-state index in [0.717, 1.165) is 31.1 Å². The van der Waals surface area contributed by atoms with Crippen LogP contribution < -0.4 is 5.32 Å². The topological polar surface area (TPSA) is 64.9 Å². The smallest absolute Gasteiger partial charge is 0.170 e. The lowest BCUT2D eigenvalue weighted by atomic mass is 10.2. The molecule has 106 valence electrons. The Morgan fingerprint density at radius 2 is 2.20 bits per heavy atom. The lowest BCUT2D eigenvalue weighted by Gasteiger charge is -2.10. The van der Waals surface area contributed by atoms with Crippen LogP contribution in [0.2, 0.25) is 0 Å². The summed E-state index contributed by atoms with van der Waals surface area (Å²) in [6, 6.07) is 9.92. The van der Waals surface area contributed by atoms with Gasteiger partial charge in [0.1, 0.15) is 0 Å². The molecule has 20 heavy (non-hydrogen) atoms. The Balaban J connectivity index is 1.52. The summed E-state index contributed by atoms with van der Waals surface area (Å²) in [4.78, 5) is 0. The number of hydrogen-bond donors (Lipinski definition) is 1. The van der Waals surface area contributed by atoms with Gasteiger partial charge in [-0.1, -0.05) is 18.2 Å². The maximum absolute atomic E-state index is 5.60. The van der Waals surface area contributed by atoms with Gasteiger partial charge in [-0.15, -0.1) is 5.10 Å². The van der Waals surface area contributed by atoms with E-state index >= 15 is 0 Å². The Labute approximate surface area is 118 Å². The van der Waals surface area contributed by atoms with Crippen molar-refractivity contribution in [3.05, 3.63) is 36.2 Å². The van der Waals surface area contributed by atoms with Crippen molar-refractivity contribution in [1.29, 1.82) is 0 Å². The highest BCUT2D eigenvalue weighted by molar-refractivity contribution is 5.30. The Hall–Kier alpha value is -1.79. The first-order valence-corrected chi connectivity index (χ1v) is 7.08. The number of hydrogen-bond acceptors (Lipinski definition) is 5. The van der Waals surface area contributed by atoms with Crippen LogP contribution in [0.1, 0.15) is 25.1 Å². The van der Waals surface area contributed by atoms with Gasteiger partial charge in [-0.05, 0) is 48.4 Å². The largest absolute Gasteiger partial charge is 0.378 e. The molecule has 3 rings (SSSR count). The van der Waals surface area contributed by atoms with E-state index in [-0.39, 0.29) is 0 Å². The average Bonchev–Trinajstić information content (AvgIpc) is 3.16. The Kier molecular flexibility index (Phi) is 4.35. The Morgan fingerprint density at radius 1 is 1.30 bits per heavy atom. The van der Waals surface area contributed by atoms with E-state index in [1.807, 2.05) is 30.3 Å². The molecule has 0 aliphatic carbocycles. The third-order valence-electron chi connectivity index (χ3n) is 3.49. The number of benzene rings is 1. The van der Waals surface area contributed by atoms with Crippen molar-refractivity contribution in [1.82, 2.24) is 25.5 Å². The fourth-order valence-electron chi connectivity index (χ4n) is 2.42. The van der Waals surface area contributed by atoms with E-state index in [0.29, 0.717) is 12.6 Å². The minimum Gasteiger partial charge on any atom is -0.378 e. The molecule has 1 aliphatic heterocycles. The SMILES string of the molecule is c1ccc(-n2nnnc2CNCCC2CCCO2)cc1. The van der Waals surface area contributed by atoms with E-state index in [9.17, 15) is 0 Å². The summed E-state index contributed by atoms with van der Waals surface area (Å²) in [6.45, 7) is 2.50. The van der Waals surface area contributed by atoms with Crippen LogP contribution in [0.15, 0.2) is 30.3 Å². The first-order chi connectivity index (χ1) is 9.93. The number of nitrogens with zero attached hydrogens (tertiary/aromatic N) is 4. The van der Waals surface area contributed by atoms with E-state index in [2.05, 4.69) is 20.8 Å². The monoisotopic (exact) mass is 273 g/mol. The van der Waals surface area contributed by atoms with E-state index in [4.69, 9.17) is 4.74 Å². The van der Waals surface area contributed by atoms with Crippen LogP contribution in [0.3, 0.4) is 0 Å². The van der Waals surface area contributed by atoms with Crippen LogP contribution >= 0.6 is 0 Å². The molecule has 6 nitrogen and oxygen atoms in total. The van der Waals surface area contributed by atoms with Gasteiger partial charge >= 0.3 is 0 Å². The van der Waals surface area contributed by atoms with Gasteiger partial charge in [-0.3, -0.25) is 0 Å². The van der Waals surface area contributed by atoms with Gasteiger partial charge in [-0.25, -0.2) is 0 Å². The van der Waals surface area contributed by atoms with Crippen molar-refractivity contribution in [2.45, 2.75) is 31.9 Å². The van der Waals surface area contributed by atoms with E-state index in [1.54, 1.807) is 4.68 Å². The normalized spacial score (nSPS) is 18.5. The molecule has 1 aliphatic rings. The number of tetrazole rings is 1. The minimum atomic E-state index is 0.424. The lowest BCUT2D eigenvalue weighted by Crippen LogP contribution is -2.21. The molecular weight excluding hydrogens is 254 g/mol. The van der Waals surface area contributed by atoms with Crippen LogP contribution in [-0.4, -0.2) is 39.5 Å². The highest BCUT2D eigenvalue weighted by atomic mass is 16.5. The lowest BCUT2D eigenvalue weighted by molar-refractivity contribution is 0.104. The number of aromatic nitrogens is 4. The molecule has 1 unspecified atom stereocenters. The third kappa shape index (κ3) is 3.20. The highest BCUT2D eigenvalue weighted by Crippen LogP contribution is 2.14. The second kappa shape index (κ2) is 6.58. The fourth-order valence-corrected chi connectivity index (χ4v) is 2.42. The van der Waals surface area contributed by atoms with Crippen LogP contribution in [0.25, 0.3) is 5.69 Å². The standard InChI is InChI=1S/C14H19N5O/c1-2-5-12(6-3-1)19-14(16-17-18-19)11-15-9-8-13-7-4-10-20-13/h1-3,5-6,13,15H,4,7-11H2. The zero-order chi connectivity index (χ0) is 13.6. The molecule has 0 bridgehead atoms. The van der Waals surface area contributed by atoms with E-state index < -0.39 is 0 Å². The van der Waals surface area contributed by atoms with Crippen molar-refractivity contribution >= 4 is 0 Å². The molecule has 6 heteroatoms. The molecule has 1 atom stereocenters. The molecule has 1 fully saturated rings. The summed E-state index contributed by atoms with van der Waals surface area (Å²) in [7, 11) is 0.